The molecule has 114 valence electrons. The summed E-state index contributed by atoms with van der Waals surface area (Å²) in [4.78, 5) is 16.5. The van der Waals surface area contributed by atoms with E-state index in [1.807, 2.05) is 0 Å². The minimum atomic E-state index is -0.294. The van der Waals surface area contributed by atoms with Gasteiger partial charge in [-0.05, 0) is 60.7 Å². The summed E-state index contributed by atoms with van der Waals surface area (Å²) in [7, 11) is 1.58. The first kappa shape index (κ1) is 14.9. The average molecular weight is 307 g/mol. The Bertz CT molecular complexity index is 886. The van der Waals surface area contributed by atoms with Crippen LogP contribution in [0.1, 0.15) is 16.1 Å². The third kappa shape index (κ3) is 3.43. The van der Waals surface area contributed by atoms with E-state index >= 15 is 0 Å². The van der Waals surface area contributed by atoms with Crippen molar-refractivity contribution in [1.29, 1.82) is 0 Å². The fraction of sp³-hybridized carbons (Fsp3) is 0.0526. The number of hydrogen-bond donors (Lipinski definition) is 0. The van der Waals surface area contributed by atoms with Gasteiger partial charge in [0.15, 0.2) is 5.78 Å². The van der Waals surface area contributed by atoms with Crippen LogP contribution >= 0.6 is 0 Å². The largest absolute Gasteiger partial charge is 0.497 e. The molecule has 0 amide bonds. The number of allylic oxidation sites excluding steroid dienone is 1. The molecule has 0 aliphatic heterocycles. The number of fused-ring (bicyclic) bond motifs is 1. The first-order chi connectivity index (χ1) is 11.2. The first-order valence-electron chi connectivity index (χ1n) is 7.08. The lowest BCUT2D eigenvalue weighted by Gasteiger charge is -2.01. The van der Waals surface area contributed by atoms with Crippen molar-refractivity contribution in [3.05, 3.63) is 77.7 Å². The highest BCUT2D eigenvalue weighted by Gasteiger charge is 2.03. The first-order valence-corrected chi connectivity index (χ1v) is 7.08. The van der Waals surface area contributed by atoms with Crippen LogP contribution in [0.4, 0.5) is 4.39 Å². The summed E-state index contributed by atoms with van der Waals surface area (Å²) in [5, 5.41) is 0.726. The third-order valence-electron chi connectivity index (χ3n) is 3.45. The third-order valence-corrected chi connectivity index (χ3v) is 3.45. The molecule has 0 saturated heterocycles. The van der Waals surface area contributed by atoms with Crippen molar-refractivity contribution in [3.63, 3.8) is 0 Å². The summed E-state index contributed by atoms with van der Waals surface area (Å²) in [6, 6.07) is 14.8. The zero-order valence-corrected chi connectivity index (χ0v) is 12.5. The van der Waals surface area contributed by atoms with E-state index < -0.39 is 0 Å². The Morgan fingerprint density at radius 2 is 1.87 bits per heavy atom. The van der Waals surface area contributed by atoms with Crippen molar-refractivity contribution >= 4 is 22.8 Å². The van der Waals surface area contributed by atoms with E-state index in [-0.39, 0.29) is 11.6 Å². The van der Waals surface area contributed by atoms with Gasteiger partial charge >= 0.3 is 0 Å². The van der Waals surface area contributed by atoms with E-state index in [9.17, 15) is 9.18 Å². The molecule has 0 unspecified atom stereocenters. The maximum atomic E-state index is 13.1. The number of halogens is 1. The van der Waals surface area contributed by atoms with Gasteiger partial charge in [0.05, 0.1) is 18.3 Å². The molecule has 1 aromatic heterocycles. The molecule has 0 bridgehead atoms. The normalized spacial score (nSPS) is 11.0. The van der Waals surface area contributed by atoms with Crippen molar-refractivity contribution < 1.29 is 13.9 Å². The number of benzene rings is 2. The van der Waals surface area contributed by atoms with E-state index in [4.69, 9.17) is 4.74 Å². The fourth-order valence-electron chi connectivity index (χ4n) is 2.22. The minimum absolute atomic E-state index is 0.117. The molecule has 2 aromatic carbocycles. The molecule has 3 rings (SSSR count). The Balaban J connectivity index is 1.81. The second kappa shape index (κ2) is 6.40. The lowest BCUT2D eigenvalue weighted by molar-refractivity contribution is 0.104. The van der Waals surface area contributed by atoms with Crippen LogP contribution in [0.5, 0.6) is 5.75 Å². The van der Waals surface area contributed by atoms with Crippen molar-refractivity contribution in [2.24, 2.45) is 0 Å². The Hall–Kier alpha value is -3.01. The Kier molecular flexibility index (Phi) is 4.15. The number of nitrogens with zero attached hydrogens (tertiary/aromatic N) is 1. The van der Waals surface area contributed by atoms with Crippen molar-refractivity contribution in [3.8, 4) is 5.75 Å². The van der Waals surface area contributed by atoms with Gasteiger partial charge in [0.1, 0.15) is 11.6 Å². The van der Waals surface area contributed by atoms with Crippen LogP contribution in [-0.4, -0.2) is 17.9 Å². The quantitative estimate of drug-likeness (QED) is 0.533. The minimum Gasteiger partial charge on any atom is -0.497 e. The summed E-state index contributed by atoms with van der Waals surface area (Å²) in [5.41, 5.74) is 1.90. The average Bonchev–Trinajstić information content (AvgIpc) is 2.59. The number of hydrogen-bond acceptors (Lipinski definition) is 3. The lowest BCUT2D eigenvalue weighted by atomic mass is 10.1. The SMILES string of the molecule is COc1ccc(C(=O)/C=C/c2ccc3cc(F)ccc3n2)cc1. The molecule has 0 radical (unpaired) electrons. The topological polar surface area (TPSA) is 39.2 Å². The van der Waals surface area contributed by atoms with E-state index in [1.165, 1.54) is 18.2 Å². The predicted octanol–water partition coefficient (Wildman–Crippen LogP) is 4.28. The fourth-order valence-corrected chi connectivity index (χ4v) is 2.22. The molecular weight excluding hydrogens is 293 g/mol. The molecule has 1 heterocycles. The Labute approximate surface area is 133 Å². The number of carbonyl (C=O) groups excluding carboxylic acids is 1. The smallest absolute Gasteiger partial charge is 0.185 e. The lowest BCUT2D eigenvalue weighted by Crippen LogP contribution is -1.94. The number of rotatable bonds is 4. The second-order valence-electron chi connectivity index (χ2n) is 5.00. The van der Waals surface area contributed by atoms with Gasteiger partial charge in [-0.15, -0.1) is 0 Å². The summed E-state index contributed by atoms with van der Waals surface area (Å²) in [5.74, 6) is 0.292. The number of ketones is 1. The van der Waals surface area contributed by atoms with E-state index in [0.29, 0.717) is 22.5 Å². The highest BCUT2D eigenvalue weighted by Crippen LogP contribution is 2.16. The maximum Gasteiger partial charge on any atom is 0.185 e. The molecule has 23 heavy (non-hydrogen) atoms. The summed E-state index contributed by atoms with van der Waals surface area (Å²) >= 11 is 0. The molecule has 0 aliphatic rings. The van der Waals surface area contributed by atoms with Crippen LogP contribution in [0.2, 0.25) is 0 Å². The van der Waals surface area contributed by atoms with Crippen LogP contribution in [0.25, 0.3) is 17.0 Å². The highest BCUT2D eigenvalue weighted by molar-refractivity contribution is 6.06. The van der Waals surface area contributed by atoms with E-state index in [2.05, 4.69) is 4.98 Å². The van der Waals surface area contributed by atoms with Gasteiger partial charge in [0.25, 0.3) is 0 Å². The molecule has 4 heteroatoms. The molecule has 0 saturated carbocycles. The van der Waals surface area contributed by atoms with Crippen LogP contribution in [0.3, 0.4) is 0 Å². The number of ether oxygens (including phenoxy) is 1. The van der Waals surface area contributed by atoms with Crippen molar-refractivity contribution in [2.45, 2.75) is 0 Å². The van der Waals surface area contributed by atoms with Gasteiger partial charge < -0.3 is 4.74 Å². The standard InChI is InChI=1S/C19H14FNO2/c1-23-17-8-3-13(4-9-17)19(22)11-7-16-6-2-14-12-15(20)5-10-18(14)21-16/h2-12H,1H3/b11-7+. The summed E-state index contributed by atoms with van der Waals surface area (Å²) in [6.07, 6.45) is 3.12. The molecular formula is C19H14FNO2. The number of aromatic nitrogens is 1. The predicted molar refractivity (Wildman–Crippen MR) is 88.1 cm³/mol. The van der Waals surface area contributed by atoms with Gasteiger partial charge in [-0.2, -0.15) is 0 Å². The number of pyridine rings is 1. The molecule has 0 atom stereocenters. The van der Waals surface area contributed by atoms with E-state index in [0.717, 1.165) is 5.39 Å². The van der Waals surface area contributed by atoms with Gasteiger partial charge in [-0.25, -0.2) is 9.37 Å². The van der Waals surface area contributed by atoms with Crippen LogP contribution < -0.4 is 4.74 Å². The van der Waals surface area contributed by atoms with Crippen molar-refractivity contribution in [1.82, 2.24) is 4.98 Å². The molecule has 0 spiro atoms. The molecule has 0 fully saturated rings. The van der Waals surface area contributed by atoms with Gasteiger partial charge in [0.2, 0.25) is 0 Å². The van der Waals surface area contributed by atoms with Crippen LogP contribution in [-0.2, 0) is 0 Å². The number of methoxy groups -OCH3 is 1. The van der Waals surface area contributed by atoms with Gasteiger partial charge in [-0.3, -0.25) is 4.79 Å². The monoisotopic (exact) mass is 307 g/mol. The molecule has 3 aromatic rings. The van der Waals surface area contributed by atoms with Crippen LogP contribution in [0.15, 0.2) is 60.7 Å². The zero-order valence-electron chi connectivity index (χ0n) is 12.5. The summed E-state index contributed by atoms with van der Waals surface area (Å²) < 4.78 is 18.2. The molecule has 3 nitrogen and oxygen atoms in total. The van der Waals surface area contributed by atoms with Crippen LogP contribution in [0, 0.1) is 5.82 Å². The molecule has 0 N–H and O–H groups in total. The Morgan fingerprint density at radius 1 is 1.09 bits per heavy atom. The second-order valence-corrected chi connectivity index (χ2v) is 5.00. The van der Waals surface area contributed by atoms with Crippen molar-refractivity contribution in [2.75, 3.05) is 7.11 Å². The zero-order chi connectivity index (χ0) is 16.2. The van der Waals surface area contributed by atoms with Gasteiger partial charge in [-0.1, -0.05) is 6.07 Å². The summed E-state index contributed by atoms with van der Waals surface area (Å²) in [6.45, 7) is 0. The highest BCUT2D eigenvalue weighted by atomic mass is 19.1. The van der Waals surface area contributed by atoms with Gasteiger partial charge in [0, 0.05) is 10.9 Å². The maximum absolute atomic E-state index is 13.1. The number of carbonyl (C=O) groups is 1. The molecule has 0 aliphatic carbocycles. The van der Waals surface area contributed by atoms with E-state index in [1.54, 1.807) is 55.7 Å². The Morgan fingerprint density at radius 3 is 2.61 bits per heavy atom.